The van der Waals surface area contributed by atoms with Crippen LogP contribution in [0.3, 0.4) is 0 Å². The molecule has 0 saturated heterocycles. The molecule has 0 aliphatic rings. The van der Waals surface area contributed by atoms with Gasteiger partial charge in [-0.3, -0.25) is 9.78 Å². The molecule has 0 aliphatic heterocycles. The van der Waals surface area contributed by atoms with E-state index in [0.29, 0.717) is 18.2 Å². The lowest BCUT2D eigenvalue weighted by atomic mass is 10.2. The van der Waals surface area contributed by atoms with Crippen molar-refractivity contribution < 1.29 is 9.53 Å². The molecule has 1 aromatic rings. The van der Waals surface area contributed by atoms with E-state index in [4.69, 9.17) is 4.74 Å². The molecule has 1 rings (SSSR count). The molecule has 0 saturated carbocycles. The molecule has 4 nitrogen and oxygen atoms in total. The Morgan fingerprint density at radius 1 is 1.50 bits per heavy atom. The summed E-state index contributed by atoms with van der Waals surface area (Å²) in [6.07, 6.45) is 1.62. The molecule has 0 unspecified atom stereocenters. The number of ether oxygens (including phenoxy) is 1. The summed E-state index contributed by atoms with van der Waals surface area (Å²) in [4.78, 5) is 15.4. The second-order valence-electron chi connectivity index (χ2n) is 4.12. The lowest BCUT2D eigenvalue weighted by Gasteiger charge is -2.08. The van der Waals surface area contributed by atoms with Crippen molar-refractivity contribution in [2.75, 3.05) is 13.2 Å². The van der Waals surface area contributed by atoms with Gasteiger partial charge in [-0.1, -0.05) is 13.8 Å². The maximum atomic E-state index is 11.3. The SMILES string of the molecule is Cc1ccc(OCC(=O)NCC(C)C)cn1. The van der Waals surface area contributed by atoms with E-state index < -0.39 is 0 Å². The summed E-state index contributed by atoms with van der Waals surface area (Å²) in [5.74, 6) is 0.963. The summed E-state index contributed by atoms with van der Waals surface area (Å²) in [5, 5.41) is 2.78. The maximum Gasteiger partial charge on any atom is 0.257 e. The number of nitrogens with zero attached hydrogens (tertiary/aromatic N) is 1. The highest BCUT2D eigenvalue weighted by Crippen LogP contribution is 2.07. The fourth-order valence-corrected chi connectivity index (χ4v) is 1.06. The average Bonchev–Trinajstić information content (AvgIpc) is 2.25. The van der Waals surface area contributed by atoms with E-state index in [2.05, 4.69) is 10.3 Å². The number of aryl methyl sites for hydroxylation is 1. The lowest BCUT2D eigenvalue weighted by Crippen LogP contribution is -2.31. The molecule has 4 heteroatoms. The first-order chi connectivity index (χ1) is 7.58. The van der Waals surface area contributed by atoms with Crippen LogP contribution in [-0.2, 0) is 4.79 Å². The van der Waals surface area contributed by atoms with Crippen LogP contribution in [0.4, 0.5) is 0 Å². The van der Waals surface area contributed by atoms with E-state index in [-0.39, 0.29) is 12.5 Å². The first-order valence-corrected chi connectivity index (χ1v) is 5.40. The minimum atomic E-state index is -0.103. The van der Waals surface area contributed by atoms with Crippen molar-refractivity contribution in [2.45, 2.75) is 20.8 Å². The largest absolute Gasteiger partial charge is 0.482 e. The second-order valence-corrected chi connectivity index (χ2v) is 4.12. The van der Waals surface area contributed by atoms with Gasteiger partial charge in [0.15, 0.2) is 6.61 Å². The van der Waals surface area contributed by atoms with Crippen molar-refractivity contribution in [3.63, 3.8) is 0 Å². The Bertz CT molecular complexity index is 333. The van der Waals surface area contributed by atoms with Gasteiger partial charge in [0.2, 0.25) is 0 Å². The van der Waals surface area contributed by atoms with Crippen LogP contribution in [0, 0.1) is 12.8 Å². The van der Waals surface area contributed by atoms with Gasteiger partial charge in [-0.2, -0.15) is 0 Å². The van der Waals surface area contributed by atoms with Crippen LogP contribution >= 0.6 is 0 Å². The van der Waals surface area contributed by atoms with Crippen molar-refractivity contribution in [1.82, 2.24) is 10.3 Å². The fraction of sp³-hybridized carbons (Fsp3) is 0.500. The number of hydrogen-bond acceptors (Lipinski definition) is 3. The van der Waals surface area contributed by atoms with Crippen LogP contribution in [-0.4, -0.2) is 24.0 Å². The van der Waals surface area contributed by atoms with Crippen molar-refractivity contribution >= 4 is 5.91 Å². The molecule has 0 bridgehead atoms. The second kappa shape index (κ2) is 6.10. The van der Waals surface area contributed by atoms with Gasteiger partial charge in [0.05, 0.1) is 6.20 Å². The Morgan fingerprint density at radius 3 is 2.81 bits per heavy atom. The third-order valence-electron chi connectivity index (χ3n) is 1.96. The van der Waals surface area contributed by atoms with E-state index in [1.807, 2.05) is 26.8 Å². The monoisotopic (exact) mass is 222 g/mol. The van der Waals surface area contributed by atoms with Crippen LogP contribution in [0.5, 0.6) is 5.75 Å². The number of carbonyl (C=O) groups is 1. The normalized spacial score (nSPS) is 10.2. The molecule has 0 aliphatic carbocycles. The number of nitrogens with one attached hydrogen (secondary N) is 1. The molecule has 0 fully saturated rings. The first-order valence-electron chi connectivity index (χ1n) is 5.40. The fourth-order valence-electron chi connectivity index (χ4n) is 1.06. The Balaban J connectivity index is 2.29. The molecule has 0 spiro atoms. The molecule has 16 heavy (non-hydrogen) atoms. The summed E-state index contributed by atoms with van der Waals surface area (Å²) in [6.45, 7) is 6.71. The van der Waals surface area contributed by atoms with E-state index in [1.54, 1.807) is 12.3 Å². The summed E-state index contributed by atoms with van der Waals surface area (Å²) >= 11 is 0. The smallest absolute Gasteiger partial charge is 0.257 e. The van der Waals surface area contributed by atoms with E-state index >= 15 is 0 Å². The topological polar surface area (TPSA) is 51.2 Å². The predicted octanol–water partition coefficient (Wildman–Crippen LogP) is 1.54. The summed E-state index contributed by atoms with van der Waals surface area (Å²) in [6, 6.07) is 3.65. The first kappa shape index (κ1) is 12.5. The summed E-state index contributed by atoms with van der Waals surface area (Å²) < 4.78 is 5.28. The average molecular weight is 222 g/mol. The number of amides is 1. The van der Waals surface area contributed by atoms with Crippen LogP contribution in [0.15, 0.2) is 18.3 Å². The molecule has 0 atom stereocenters. The minimum absolute atomic E-state index is 0.0391. The van der Waals surface area contributed by atoms with Gasteiger partial charge in [-0.05, 0) is 25.0 Å². The standard InChI is InChI=1S/C12H18N2O2/c1-9(2)6-14-12(15)8-16-11-5-4-10(3)13-7-11/h4-5,7,9H,6,8H2,1-3H3,(H,14,15). The van der Waals surface area contributed by atoms with E-state index in [9.17, 15) is 4.79 Å². The molecule has 1 N–H and O–H groups in total. The number of carbonyl (C=O) groups excluding carboxylic acids is 1. The molecular formula is C12H18N2O2. The van der Waals surface area contributed by atoms with Gasteiger partial charge < -0.3 is 10.1 Å². The summed E-state index contributed by atoms with van der Waals surface area (Å²) in [7, 11) is 0. The van der Waals surface area contributed by atoms with Crippen LogP contribution in [0.1, 0.15) is 19.5 Å². The number of aromatic nitrogens is 1. The Morgan fingerprint density at radius 2 is 2.25 bits per heavy atom. The van der Waals surface area contributed by atoms with Gasteiger partial charge in [-0.25, -0.2) is 0 Å². The third-order valence-corrected chi connectivity index (χ3v) is 1.96. The lowest BCUT2D eigenvalue weighted by molar-refractivity contribution is -0.123. The molecular weight excluding hydrogens is 204 g/mol. The molecule has 0 radical (unpaired) electrons. The van der Waals surface area contributed by atoms with Crippen LogP contribution in [0.2, 0.25) is 0 Å². The Kier molecular flexibility index (Phi) is 4.76. The van der Waals surface area contributed by atoms with Crippen LogP contribution in [0.25, 0.3) is 0 Å². The van der Waals surface area contributed by atoms with Crippen molar-refractivity contribution in [2.24, 2.45) is 5.92 Å². The Hall–Kier alpha value is -1.58. The van der Waals surface area contributed by atoms with Crippen molar-refractivity contribution in [1.29, 1.82) is 0 Å². The van der Waals surface area contributed by atoms with Crippen molar-refractivity contribution in [3.05, 3.63) is 24.0 Å². The highest BCUT2D eigenvalue weighted by atomic mass is 16.5. The summed E-state index contributed by atoms with van der Waals surface area (Å²) in [5.41, 5.74) is 0.927. The number of hydrogen-bond donors (Lipinski definition) is 1. The predicted molar refractivity (Wildman–Crippen MR) is 62.3 cm³/mol. The molecule has 1 heterocycles. The molecule has 1 amide bonds. The van der Waals surface area contributed by atoms with Gasteiger partial charge in [-0.15, -0.1) is 0 Å². The highest BCUT2D eigenvalue weighted by molar-refractivity contribution is 5.77. The number of rotatable bonds is 5. The highest BCUT2D eigenvalue weighted by Gasteiger charge is 2.03. The van der Waals surface area contributed by atoms with Gasteiger partial charge in [0, 0.05) is 12.2 Å². The van der Waals surface area contributed by atoms with Gasteiger partial charge >= 0.3 is 0 Å². The van der Waals surface area contributed by atoms with Gasteiger partial charge in [0.1, 0.15) is 5.75 Å². The quantitative estimate of drug-likeness (QED) is 0.822. The minimum Gasteiger partial charge on any atom is -0.482 e. The Labute approximate surface area is 96.0 Å². The van der Waals surface area contributed by atoms with E-state index in [1.165, 1.54) is 0 Å². The third kappa shape index (κ3) is 4.77. The zero-order valence-electron chi connectivity index (χ0n) is 9.99. The van der Waals surface area contributed by atoms with Crippen molar-refractivity contribution in [3.8, 4) is 5.75 Å². The molecule has 1 aromatic heterocycles. The maximum absolute atomic E-state index is 11.3. The zero-order valence-corrected chi connectivity index (χ0v) is 9.99. The van der Waals surface area contributed by atoms with Gasteiger partial charge in [0.25, 0.3) is 5.91 Å². The molecule has 0 aromatic carbocycles. The zero-order chi connectivity index (χ0) is 12.0. The van der Waals surface area contributed by atoms with E-state index in [0.717, 1.165) is 5.69 Å². The number of pyridine rings is 1. The van der Waals surface area contributed by atoms with Crippen LogP contribution < -0.4 is 10.1 Å². The molecule has 88 valence electrons.